The van der Waals surface area contributed by atoms with Gasteiger partial charge in [0.05, 0.1) is 6.04 Å². The van der Waals surface area contributed by atoms with Crippen molar-refractivity contribution in [2.24, 2.45) is 0 Å². The van der Waals surface area contributed by atoms with Crippen LogP contribution in [0.15, 0.2) is 0 Å². The third kappa shape index (κ3) is 4.36. The summed E-state index contributed by atoms with van der Waals surface area (Å²) in [7, 11) is 1.56. The molecule has 1 fully saturated rings. The molecule has 0 bridgehead atoms. The number of hydrogen-bond acceptors (Lipinski definition) is 4. The summed E-state index contributed by atoms with van der Waals surface area (Å²) in [5, 5.41) is 1.68. The molecule has 0 saturated carbocycles. The SMILES string of the molecule is CC.COCON1CCC[C@H]1C=O. The van der Waals surface area contributed by atoms with E-state index in [1.807, 2.05) is 13.8 Å². The Bertz CT molecular complexity index is 130. The minimum atomic E-state index is -0.0647. The van der Waals surface area contributed by atoms with Gasteiger partial charge in [-0.15, -0.1) is 0 Å². The maximum atomic E-state index is 10.4. The van der Waals surface area contributed by atoms with Crippen molar-refractivity contribution in [3.63, 3.8) is 0 Å². The first-order valence-corrected chi connectivity index (χ1v) is 4.72. The number of rotatable bonds is 4. The Morgan fingerprint density at radius 3 is 2.77 bits per heavy atom. The van der Waals surface area contributed by atoms with Crippen molar-refractivity contribution < 1.29 is 14.4 Å². The lowest BCUT2D eigenvalue weighted by atomic mass is 10.2. The van der Waals surface area contributed by atoms with Crippen LogP contribution in [0.4, 0.5) is 0 Å². The molecule has 0 aromatic carbocycles. The van der Waals surface area contributed by atoms with Crippen LogP contribution in [0.1, 0.15) is 26.7 Å². The van der Waals surface area contributed by atoms with Gasteiger partial charge in [-0.3, -0.25) is 4.84 Å². The van der Waals surface area contributed by atoms with E-state index in [4.69, 9.17) is 9.57 Å². The fourth-order valence-corrected chi connectivity index (χ4v) is 1.18. The van der Waals surface area contributed by atoms with E-state index in [-0.39, 0.29) is 12.8 Å². The average molecular weight is 189 g/mol. The summed E-state index contributed by atoms with van der Waals surface area (Å²) in [6, 6.07) is -0.0647. The van der Waals surface area contributed by atoms with Crippen LogP contribution >= 0.6 is 0 Å². The molecule has 4 nitrogen and oxygen atoms in total. The predicted octanol–water partition coefficient (Wildman–Crippen LogP) is 1.21. The molecule has 0 amide bonds. The largest absolute Gasteiger partial charge is 0.357 e. The fraction of sp³-hybridized carbons (Fsp3) is 0.889. The van der Waals surface area contributed by atoms with E-state index < -0.39 is 0 Å². The molecule has 1 aliphatic heterocycles. The lowest BCUT2D eigenvalue weighted by Gasteiger charge is -2.18. The van der Waals surface area contributed by atoms with Crippen molar-refractivity contribution in [3.05, 3.63) is 0 Å². The van der Waals surface area contributed by atoms with Gasteiger partial charge < -0.3 is 9.53 Å². The third-order valence-electron chi connectivity index (χ3n) is 1.74. The highest BCUT2D eigenvalue weighted by Gasteiger charge is 2.24. The Balaban J connectivity index is 0.000000671. The quantitative estimate of drug-likeness (QED) is 0.492. The normalized spacial score (nSPS) is 22.2. The van der Waals surface area contributed by atoms with Gasteiger partial charge in [0.1, 0.15) is 6.29 Å². The number of methoxy groups -OCH3 is 1. The number of carbonyl (C=O) groups is 1. The highest BCUT2D eigenvalue weighted by Crippen LogP contribution is 2.14. The molecule has 78 valence electrons. The van der Waals surface area contributed by atoms with E-state index in [1.54, 1.807) is 12.2 Å². The van der Waals surface area contributed by atoms with Gasteiger partial charge >= 0.3 is 0 Å². The van der Waals surface area contributed by atoms with E-state index in [1.165, 1.54) is 0 Å². The standard InChI is InChI=1S/C7H13NO3.C2H6/c1-10-6-11-8-4-2-3-7(8)5-9;1-2/h5,7H,2-4,6H2,1H3;1-2H3/t7-;/m0./s1. The van der Waals surface area contributed by atoms with Crippen LogP contribution in [0, 0.1) is 0 Å². The van der Waals surface area contributed by atoms with Crippen LogP contribution in [0.25, 0.3) is 0 Å². The van der Waals surface area contributed by atoms with Crippen molar-refractivity contribution in [2.45, 2.75) is 32.7 Å². The molecular weight excluding hydrogens is 170 g/mol. The van der Waals surface area contributed by atoms with Crippen molar-refractivity contribution in [2.75, 3.05) is 20.4 Å². The summed E-state index contributed by atoms with van der Waals surface area (Å²) in [6.07, 6.45) is 2.84. The molecule has 0 N–H and O–H groups in total. The second kappa shape index (κ2) is 8.16. The molecule has 1 saturated heterocycles. The maximum Gasteiger partial charge on any atom is 0.166 e. The van der Waals surface area contributed by atoms with Gasteiger partial charge in [0.2, 0.25) is 0 Å². The highest BCUT2D eigenvalue weighted by molar-refractivity contribution is 5.57. The summed E-state index contributed by atoms with van der Waals surface area (Å²) >= 11 is 0. The molecule has 0 radical (unpaired) electrons. The summed E-state index contributed by atoms with van der Waals surface area (Å²) in [4.78, 5) is 15.6. The van der Waals surface area contributed by atoms with Crippen molar-refractivity contribution >= 4 is 6.29 Å². The molecule has 0 aromatic heterocycles. The van der Waals surface area contributed by atoms with Gasteiger partial charge in [-0.2, -0.15) is 5.06 Å². The third-order valence-corrected chi connectivity index (χ3v) is 1.74. The molecule has 0 aromatic rings. The molecule has 13 heavy (non-hydrogen) atoms. The Hall–Kier alpha value is -0.450. The number of carbonyl (C=O) groups excluding carboxylic acids is 1. The van der Waals surface area contributed by atoms with Crippen LogP contribution in [0.5, 0.6) is 0 Å². The molecule has 1 aliphatic rings. The fourth-order valence-electron chi connectivity index (χ4n) is 1.18. The highest BCUT2D eigenvalue weighted by atomic mass is 16.8. The molecule has 0 aliphatic carbocycles. The first-order chi connectivity index (χ1) is 6.38. The molecule has 4 heteroatoms. The summed E-state index contributed by atoms with van der Waals surface area (Å²) in [5.74, 6) is 0. The van der Waals surface area contributed by atoms with Gasteiger partial charge in [-0.05, 0) is 12.8 Å². The predicted molar refractivity (Wildman–Crippen MR) is 50.1 cm³/mol. The van der Waals surface area contributed by atoms with Crippen LogP contribution in [-0.4, -0.2) is 37.8 Å². The smallest absolute Gasteiger partial charge is 0.166 e. The molecular formula is C9H19NO3. The second-order valence-corrected chi connectivity index (χ2v) is 2.52. The van der Waals surface area contributed by atoms with Gasteiger partial charge in [0.25, 0.3) is 0 Å². The molecule has 0 unspecified atom stereocenters. The second-order valence-electron chi connectivity index (χ2n) is 2.52. The Labute approximate surface area is 79.8 Å². The van der Waals surface area contributed by atoms with Crippen molar-refractivity contribution in [3.8, 4) is 0 Å². The van der Waals surface area contributed by atoms with E-state index in [2.05, 4.69) is 0 Å². The maximum absolute atomic E-state index is 10.4. The lowest BCUT2D eigenvalue weighted by molar-refractivity contribution is -0.220. The summed E-state index contributed by atoms with van der Waals surface area (Å²) in [6.45, 7) is 5.05. The van der Waals surface area contributed by atoms with Gasteiger partial charge in [-0.1, -0.05) is 13.8 Å². The average Bonchev–Trinajstić information content (AvgIpc) is 2.65. The first-order valence-electron chi connectivity index (χ1n) is 4.72. The lowest BCUT2D eigenvalue weighted by Crippen LogP contribution is -2.31. The zero-order valence-corrected chi connectivity index (χ0v) is 8.66. The Kier molecular flexibility index (Phi) is 7.88. The van der Waals surface area contributed by atoms with E-state index in [0.29, 0.717) is 0 Å². The zero-order valence-electron chi connectivity index (χ0n) is 8.66. The van der Waals surface area contributed by atoms with Gasteiger partial charge in [0, 0.05) is 13.7 Å². The number of aldehydes is 1. The number of nitrogens with zero attached hydrogens (tertiary/aromatic N) is 1. The first kappa shape index (κ1) is 12.6. The van der Waals surface area contributed by atoms with Gasteiger partial charge in [-0.25, -0.2) is 0 Å². The van der Waals surface area contributed by atoms with E-state index in [9.17, 15) is 4.79 Å². The van der Waals surface area contributed by atoms with Crippen LogP contribution in [0.3, 0.4) is 0 Å². The monoisotopic (exact) mass is 189 g/mol. The number of hydrogen-bond donors (Lipinski definition) is 0. The molecule has 1 heterocycles. The zero-order chi connectivity index (χ0) is 10.1. The Morgan fingerprint density at radius 1 is 1.54 bits per heavy atom. The van der Waals surface area contributed by atoms with E-state index in [0.717, 1.165) is 25.7 Å². The van der Waals surface area contributed by atoms with Crippen molar-refractivity contribution in [1.82, 2.24) is 5.06 Å². The van der Waals surface area contributed by atoms with Crippen LogP contribution in [-0.2, 0) is 14.4 Å². The van der Waals surface area contributed by atoms with E-state index >= 15 is 0 Å². The Morgan fingerprint density at radius 2 is 2.23 bits per heavy atom. The molecule has 0 spiro atoms. The molecule has 1 atom stereocenters. The number of hydroxylamine groups is 2. The molecule has 1 rings (SSSR count). The minimum absolute atomic E-state index is 0.0647. The van der Waals surface area contributed by atoms with Crippen LogP contribution in [0.2, 0.25) is 0 Å². The van der Waals surface area contributed by atoms with Gasteiger partial charge in [0.15, 0.2) is 6.79 Å². The minimum Gasteiger partial charge on any atom is -0.357 e. The summed E-state index contributed by atoms with van der Waals surface area (Å²) in [5.41, 5.74) is 0. The van der Waals surface area contributed by atoms with Crippen LogP contribution < -0.4 is 0 Å². The topological polar surface area (TPSA) is 38.8 Å². The van der Waals surface area contributed by atoms with Crippen molar-refractivity contribution in [1.29, 1.82) is 0 Å². The number of ether oxygens (including phenoxy) is 1. The summed E-state index contributed by atoms with van der Waals surface area (Å²) < 4.78 is 4.72.